The number of sulfonamides is 1. The Kier molecular flexibility index (Phi) is 5.21. The number of hydrogen-bond acceptors (Lipinski definition) is 5. The van der Waals surface area contributed by atoms with Crippen molar-refractivity contribution in [3.05, 3.63) is 39.3 Å². The number of aromatic nitrogens is 1. The van der Waals surface area contributed by atoms with E-state index in [1.807, 2.05) is 6.92 Å². The quantitative estimate of drug-likeness (QED) is 0.873. The smallest absolute Gasteiger partial charge is 0.240 e. The van der Waals surface area contributed by atoms with Crippen molar-refractivity contribution < 1.29 is 13.2 Å². The molecule has 0 atom stereocenters. The average Bonchev–Trinajstić information content (AvgIpc) is 2.84. The molecule has 21 heavy (non-hydrogen) atoms. The van der Waals surface area contributed by atoms with Crippen LogP contribution in [0.1, 0.15) is 10.6 Å². The Hall–Kier alpha value is -1.15. The third kappa shape index (κ3) is 3.94. The second-order valence-corrected chi connectivity index (χ2v) is 7.42. The zero-order valence-electron chi connectivity index (χ0n) is 11.6. The van der Waals surface area contributed by atoms with Crippen LogP contribution in [-0.4, -0.2) is 27.1 Å². The number of nitrogens with one attached hydrogen (secondary N) is 1. The molecule has 5 nitrogen and oxygen atoms in total. The number of ether oxygens (including phenoxy) is 1. The zero-order valence-corrected chi connectivity index (χ0v) is 14.0. The maximum absolute atomic E-state index is 12.2. The van der Waals surface area contributed by atoms with E-state index in [9.17, 15) is 8.42 Å². The van der Waals surface area contributed by atoms with E-state index in [-0.39, 0.29) is 9.92 Å². The van der Waals surface area contributed by atoms with Crippen LogP contribution >= 0.6 is 22.9 Å². The Morgan fingerprint density at radius 3 is 2.76 bits per heavy atom. The lowest BCUT2D eigenvalue weighted by molar-refractivity contribution is 0.414. The molecule has 0 aliphatic heterocycles. The van der Waals surface area contributed by atoms with E-state index in [1.165, 1.54) is 36.6 Å². The minimum atomic E-state index is -3.58. The molecule has 0 saturated carbocycles. The summed E-state index contributed by atoms with van der Waals surface area (Å²) in [4.78, 5) is 5.32. The molecule has 0 amide bonds. The highest BCUT2D eigenvalue weighted by molar-refractivity contribution is 7.89. The molecular weight excluding hydrogens is 332 g/mol. The van der Waals surface area contributed by atoms with Gasteiger partial charge in [-0.2, -0.15) is 0 Å². The van der Waals surface area contributed by atoms with E-state index in [0.717, 1.165) is 10.6 Å². The lowest BCUT2D eigenvalue weighted by atomic mass is 10.3. The van der Waals surface area contributed by atoms with Gasteiger partial charge < -0.3 is 4.74 Å². The SMILES string of the molecule is COc1ccc(S(=O)(=O)NCCc2scnc2C)cc1Cl. The van der Waals surface area contributed by atoms with E-state index in [1.54, 1.807) is 5.51 Å². The highest BCUT2D eigenvalue weighted by Gasteiger charge is 2.15. The summed E-state index contributed by atoms with van der Waals surface area (Å²) in [5.74, 6) is 0.441. The van der Waals surface area contributed by atoms with Gasteiger partial charge in [-0.3, -0.25) is 0 Å². The van der Waals surface area contributed by atoms with Crippen LogP contribution < -0.4 is 9.46 Å². The van der Waals surface area contributed by atoms with Gasteiger partial charge in [0.25, 0.3) is 0 Å². The van der Waals surface area contributed by atoms with Crippen LogP contribution in [0.3, 0.4) is 0 Å². The predicted octanol–water partition coefficient (Wildman–Crippen LogP) is 2.63. The van der Waals surface area contributed by atoms with Crippen molar-refractivity contribution in [3.8, 4) is 5.75 Å². The van der Waals surface area contributed by atoms with Crippen LogP contribution in [-0.2, 0) is 16.4 Å². The maximum atomic E-state index is 12.2. The number of hydrogen-bond donors (Lipinski definition) is 1. The fourth-order valence-corrected chi connectivity index (χ4v) is 3.92. The van der Waals surface area contributed by atoms with Gasteiger partial charge in [-0.25, -0.2) is 18.1 Å². The Balaban J connectivity index is 2.05. The monoisotopic (exact) mass is 346 g/mol. The Bertz CT molecular complexity index is 729. The minimum Gasteiger partial charge on any atom is -0.495 e. The number of methoxy groups -OCH3 is 1. The number of rotatable bonds is 6. The molecule has 1 heterocycles. The zero-order chi connectivity index (χ0) is 15.5. The fraction of sp³-hybridized carbons (Fsp3) is 0.308. The third-order valence-electron chi connectivity index (χ3n) is 2.92. The number of nitrogens with zero attached hydrogens (tertiary/aromatic N) is 1. The van der Waals surface area contributed by atoms with E-state index in [2.05, 4.69) is 9.71 Å². The second kappa shape index (κ2) is 6.74. The first-order chi connectivity index (χ1) is 9.94. The lowest BCUT2D eigenvalue weighted by Crippen LogP contribution is -2.26. The van der Waals surface area contributed by atoms with Gasteiger partial charge in [-0.15, -0.1) is 11.3 Å². The summed E-state index contributed by atoms with van der Waals surface area (Å²) < 4.78 is 31.9. The molecule has 0 spiro atoms. The summed E-state index contributed by atoms with van der Waals surface area (Å²) in [5, 5.41) is 0.263. The molecule has 1 N–H and O–H groups in total. The highest BCUT2D eigenvalue weighted by Crippen LogP contribution is 2.26. The van der Waals surface area contributed by atoms with Crippen molar-refractivity contribution >= 4 is 33.0 Å². The van der Waals surface area contributed by atoms with E-state index in [4.69, 9.17) is 16.3 Å². The standard InChI is InChI=1S/C13H15ClN2O3S2/c1-9-13(20-8-15-9)5-6-16-21(17,18)10-3-4-12(19-2)11(14)7-10/h3-4,7-8,16H,5-6H2,1-2H3. The fourth-order valence-electron chi connectivity index (χ4n) is 1.76. The van der Waals surface area contributed by atoms with Crippen molar-refractivity contribution in [2.24, 2.45) is 0 Å². The van der Waals surface area contributed by atoms with E-state index in [0.29, 0.717) is 18.7 Å². The molecule has 8 heteroatoms. The Morgan fingerprint density at radius 1 is 1.43 bits per heavy atom. The van der Waals surface area contributed by atoms with Crippen LogP contribution in [0, 0.1) is 6.92 Å². The number of halogens is 1. The summed E-state index contributed by atoms with van der Waals surface area (Å²) in [7, 11) is -2.10. The number of aryl methyl sites for hydroxylation is 1. The van der Waals surface area contributed by atoms with E-state index >= 15 is 0 Å². The molecule has 0 unspecified atom stereocenters. The topological polar surface area (TPSA) is 68.3 Å². The van der Waals surface area contributed by atoms with Crippen molar-refractivity contribution in [1.29, 1.82) is 0 Å². The molecule has 0 bridgehead atoms. The van der Waals surface area contributed by atoms with Gasteiger partial charge in [-0.1, -0.05) is 11.6 Å². The Labute approximate surface area is 133 Å². The first kappa shape index (κ1) is 16.2. The molecule has 2 aromatic rings. The van der Waals surface area contributed by atoms with Gasteiger partial charge in [0, 0.05) is 11.4 Å². The third-order valence-corrected chi connectivity index (χ3v) is 5.67. The van der Waals surface area contributed by atoms with Gasteiger partial charge in [0.2, 0.25) is 10.0 Å². The van der Waals surface area contributed by atoms with Gasteiger partial charge in [0.15, 0.2) is 0 Å². The molecule has 0 aliphatic carbocycles. The molecule has 1 aromatic carbocycles. The van der Waals surface area contributed by atoms with Crippen LogP contribution in [0.15, 0.2) is 28.6 Å². The van der Waals surface area contributed by atoms with Crippen LogP contribution in [0.2, 0.25) is 5.02 Å². The average molecular weight is 347 g/mol. The minimum absolute atomic E-state index is 0.120. The van der Waals surface area contributed by atoms with Crippen molar-refractivity contribution in [2.45, 2.75) is 18.2 Å². The summed E-state index contributed by atoms with van der Waals surface area (Å²) in [6.07, 6.45) is 0.611. The first-order valence-electron chi connectivity index (χ1n) is 6.16. The van der Waals surface area contributed by atoms with Crippen molar-refractivity contribution in [1.82, 2.24) is 9.71 Å². The Morgan fingerprint density at radius 2 is 2.19 bits per heavy atom. The largest absolute Gasteiger partial charge is 0.495 e. The second-order valence-electron chi connectivity index (χ2n) is 4.31. The normalized spacial score (nSPS) is 11.6. The van der Waals surface area contributed by atoms with E-state index < -0.39 is 10.0 Å². The molecule has 114 valence electrons. The van der Waals surface area contributed by atoms with Crippen LogP contribution in [0.5, 0.6) is 5.75 Å². The molecule has 0 radical (unpaired) electrons. The van der Waals surface area contributed by atoms with Crippen molar-refractivity contribution in [2.75, 3.05) is 13.7 Å². The molecule has 0 saturated heterocycles. The molecular formula is C13H15ClN2O3S2. The molecule has 0 fully saturated rings. The van der Waals surface area contributed by atoms with Gasteiger partial charge in [-0.05, 0) is 31.5 Å². The lowest BCUT2D eigenvalue weighted by Gasteiger charge is -2.08. The number of benzene rings is 1. The summed E-state index contributed by atoms with van der Waals surface area (Å²) in [6.45, 7) is 2.22. The van der Waals surface area contributed by atoms with Gasteiger partial charge in [0.1, 0.15) is 5.75 Å². The van der Waals surface area contributed by atoms with Crippen molar-refractivity contribution in [3.63, 3.8) is 0 Å². The molecule has 2 rings (SSSR count). The highest BCUT2D eigenvalue weighted by atomic mass is 35.5. The summed E-state index contributed by atoms with van der Waals surface area (Å²) in [5.41, 5.74) is 2.69. The number of thiazole rings is 1. The molecule has 0 aliphatic rings. The maximum Gasteiger partial charge on any atom is 0.240 e. The predicted molar refractivity (Wildman–Crippen MR) is 83.7 cm³/mol. The molecule has 1 aromatic heterocycles. The summed E-state index contributed by atoms with van der Waals surface area (Å²) >= 11 is 7.47. The van der Waals surface area contributed by atoms with Crippen LogP contribution in [0.25, 0.3) is 0 Å². The summed E-state index contributed by atoms with van der Waals surface area (Å²) in [6, 6.07) is 4.37. The van der Waals surface area contributed by atoms with Crippen LogP contribution in [0.4, 0.5) is 0 Å². The first-order valence-corrected chi connectivity index (χ1v) is 8.90. The van der Waals surface area contributed by atoms with Gasteiger partial charge in [0.05, 0.1) is 28.2 Å². The van der Waals surface area contributed by atoms with Gasteiger partial charge >= 0.3 is 0 Å².